The highest BCUT2D eigenvalue weighted by Crippen LogP contribution is 2.17. The largest absolute Gasteiger partial charge is 0.389 e. The Morgan fingerprint density at radius 2 is 2.22 bits per heavy atom. The molecule has 0 bridgehead atoms. The van der Waals surface area contributed by atoms with E-state index in [-0.39, 0.29) is 5.92 Å². The minimum Gasteiger partial charge on any atom is -0.389 e. The normalized spacial score (nSPS) is 15.2. The third-order valence-electron chi connectivity index (χ3n) is 3.61. The summed E-state index contributed by atoms with van der Waals surface area (Å²) in [6.07, 6.45) is 1.82. The summed E-state index contributed by atoms with van der Waals surface area (Å²) in [5, 5.41) is 21.6. The molecule has 1 aromatic heterocycles. The Kier molecular flexibility index (Phi) is 3.68. The van der Waals surface area contributed by atoms with E-state index in [2.05, 4.69) is 21.6 Å². The van der Waals surface area contributed by atoms with E-state index in [1.807, 2.05) is 39.1 Å². The van der Waals surface area contributed by atoms with Gasteiger partial charge < -0.3 is 10.4 Å². The summed E-state index contributed by atoms with van der Waals surface area (Å²) in [4.78, 5) is 0. The fourth-order valence-corrected chi connectivity index (χ4v) is 1.83. The maximum atomic E-state index is 10.2. The van der Waals surface area contributed by atoms with Crippen LogP contribution in [-0.2, 0) is 6.54 Å². The molecule has 98 valence electrons. The van der Waals surface area contributed by atoms with Crippen LogP contribution >= 0.6 is 0 Å². The first-order chi connectivity index (χ1) is 8.50. The lowest BCUT2D eigenvalue weighted by molar-refractivity contribution is 0.0140. The van der Waals surface area contributed by atoms with E-state index in [4.69, 9.17) is 0 Å². The summed E-state index contributed by atoms with van der Waals surface area (Å²) < 4.78 is 0. The van der Waals surface area contributed by atoms with Crippen LogP contribution < -0.4 is 5.32 Å². The predicted molar refractivity (Wildman–Crippen MR) is 73.3 cm³/mol. The SMILES string of the molecule is CC(C)C(C)(O)CNCc1cccc2cn[nH]c12. The summed E-state index contributed by atoms with van der Waals surface area (Å²) in [5.41, 5.74) is 1.56. The van der Waals surface area contributed by atoms with Gasteiger partial charge in [0.2, 0.25) is 0 Å². The van der Waals surface area contributed by atoms with Gasteiger partial charge in [-0.05, 0) is 18.4 Å². The second-order valence-electron chi connectivity index (χ2n) is 5.37. The number of fused-ring (bicyclic) bond motifs is 1. The molecule has 0 fully saturated rings. The van der Waals surface area contributed by atoms with Crippen LogP contribution in [-0.4, -0.2) is 27.4 Å². The number of rotatable bonds is 5. The maximum Gasteiger partial charge on any atom is 0.0766 e. The van der Waals surface area contributed by atoms with E-state index < -0.39 is 5.60 Å². The molecule has 2 rings (SSSR count). The molecular formula is C14H21N3O. The highest BCUT2D eigenvalue weighted by molar-refractivity contribution is 5.81. The Balaban J connectivity index is 2.01. The lowest BCUT2D eigenvalue weighted by atomic mass is 9.92. The lowest BCUT2D eigenvalue weighted by Gasteiger charge is -2.28. The number of aromatic nitrogens is 2. The number of H-pyrrole nitrogens is 1. The van der Waals surface area contributed by atoms with Crippen LogP contribution in [0.1, 0.15) is 26.3 Å². The molecule has 0 aliphatic carbocycles. The van der Waals surface area contributed by atoms with E-state index in [0.717, 1.165) is 17.4 Å². The average Bonchev–Trinajstić information content (AvgIpc) is 2.77. The zero-order chi connectivity index (χ0) is 13.2. The topological polar surface area (TPSA) is 60.9 Å². The standard InChI is InChI=1S/C14H21N3O/c1-10(2)14(3,18)9-15-7-11-5-4-6-12-8-16-17-13(11)12/h4-6,8,10,15,18H,7,9H2,1-3H3,(H,16,17). The van der Waals surface area contributed by atoms with Gasteiger partial charge in [0.25, 0.3) is 0 Å². The van der Waals surface area contributed by atoms with Crippen molar-refractivity contribution >= 4 is 10.9 Å². The first kappa shape index (κ1) is 13.1. The lowest BCUT2D eigenvalue weighted by Crippen LogP contribution is -2.41. The van der Waals surface area contributed by atoms with Crippen LogP contribution in [0.2, 0.25) is 0 Å². The van der Waals surface area contributed by atoms with E-state index in [1.54, 1.807) is 0 Å². The van der Waals surface area contributed by atoms with Gasteiger partial charge in [0.1, 0.15) is 0 Å². The fourth-order valence-electron chi connectivity index (χ4n) is 1.83. The minimum absolute atomic E-state index is 0.230. The van der Waals surface area contributed by atoms with Crippen molar-refractivity contribution in [2.75, 3.05) is 6.54 Å². The third kappa shape index (κ3) is 2.71. The molecule has 18 heavy (non-hydrogen) atoms. The van der Waals surface area contributed by atoms with Gasteiger partial charge >= 0.3 is 0 Å². The molecule has 0 amide bonds. The quantitative estimate of drug-likeness (QED) is 0.758. The summed E-state index contributed by atoms with van der Waals surface area (Å²) >= 11 is 0. The minimum atomic E-state index is -0.679. The first-order valence-corrected chi connectivity index (χ1v) is 6.35. The van der Waals surface area contributed by atoms with Crippen molar-refractivity contribution in [2.45, 2.75) is 32.9 Å². The van der Waals surface area contributed by atoms with Gasteiger partial charge in [-0.25, -0.2) is 0 Å². The molecule has 1 heterocycles. The van der Waals surface area contributed by atoms with Gasteiger partial charge in [0.05, 0.1) is 17.3 Å². The van der Waals surface area contributed by atoms with Gasteiger partial charge in [-0.2, -0.15) is 5.10 Å². The number of hydrogen-bond donors (Lipinski definition) is 3. The number of nitrogens with one attached hydrogen (secondary N) is 2. The fraction of sp³-hybridized carbons (Fsp3) is 0.500. The van der Waals surface area contributed by atoms with E-state index in [9.17, 15) is 5.11 Å². The van der Waals surface area contributed by atoms with Crippen LogP contribution in [0.25, 0.3) is 10.9 Å². The van der Waals surface area contributed by atoms with Crippen molar-refractivity contribution in [3.63, 3.8) is 0 Å². The third-order valence-corrected chi connectivity index (χ3v) is 3.61. The average molecular weight is 247 g/mol. The smallest absolute Gasteiger partial charge is 0.0766 e. The Hall–Kier alpha value is -1.39. The number of para-hydroxylation sites is 1. The second-order valence-corrected chi connectivity index (χ2v) is 5.37. The van der Waals surface area contributed by atoms with Gasteiger partial charge in [0, 0.05) is 18.5 Å². The Bertz CT molecular complexity index is 516. The molecule has 0 aliphatic rings. The van der Waals surface area contributed by atoms with Crippen molar-refractivity contribution in [3.8, 4) is 0 Å². The molecule has 1 atom stereocenters. The molecule has 0 saturated carbocycles. The van der Waals surface area contributed by atoms with Crippen molar-refractivity contribution in [1.29, 1.82) is 0 Å². The maximum absolute atomic E-state index is 10.2. The summed E-state index contributed by atoms with van der Waals surface area (Å²) in [6, 6.07) is 6.12. The molecule has 2 aromatic rings. The molecule has 1 aromatic carbocycles. The van der Waals surface area contributed by atoms with Crippen LogP contribution in [0.4, 0.5) is 0 Å². The van der Waals surface area contributed by atoms with E-state index in [0.29, 0.717) is 6.54 Å². The molecule has 3 N–H and O–H groups in total. The molecule has 0 saturated heterocycles. The van der Waals surface area contributed by atoms with Crippen LogP contribution in [0, 0.1) is 5.92 Å². The molecule has 4 heteroatoms. The predicted octanol–water partition coefficient (Wildman–Crippen LogP) is 2.06. The van der Waals surface area contributed by atoms with E-state index >= 15 is 0 Å². The zero-order valence-corrected chi connectivity index (χ0v) is 11.2. The van der Waals surface area contributed by atoms with E-state index in [1.165, 1.54) is 5.56 Å². The highest BCUT2D eigenvalue weighted by Gasteiger charge is 2.23. The highest BCUT2D eigenvalue weighted by atomic mass is 16.3. The van der Waals surface area contributed by atoms with Gasteiger partial charge in [-0.1, -0.05) is 32.0 Å². The number of aromatic amines is 1. The Morgan fingerprint density at radius 3 is 2.94 bits per heavy atom. The summed E-state index contributed by atoms with van der Waals surface area (Å²) in [7, 11) is 0. The zero-order valence-electron chi connectivity index (χ0n) is 11.2. The molecular weight excluding hydrogens is 226 g/mol. The Labute approximate surface area is 107 Å². The molecule has 0 radical (unpaired) electrons. The molecule has 0 spiro atoms. The van der Waals surface area contributed by atoms with Crippen molar-refractivity contribution < 1.29 is 5.11 Å². The number of benzene rings is 1. The number of hydrogen-bond acceptors (Lipinski definition) is 3. The van der Waals surface area contributed by atoms with Crippen LogP contribution in [0.5, 0.6) is 0 Å². The van der Waals surface area contributed by atoms with Crippen molar-refractivity contribution in [3.05, 3.63) is 30.0 Å². The molecule has 4 nitrogen and oxygen atoms in total. The summed E-state index contributed by atoms with van der Waals surface area (Å²) in [5.74, 6) is 0.230. The number of aliphatic hydroxyl groups is 1. The second kappa shape index (κ2) is 5.08. The van der Waals surface area contributed by atoms with Gasteiger partial charge in [0.15, 0.2) is 0 Å². The van der Waals surface area contributed by atoms with Crippen molar-refractivity contribution in [1.82, 2.24) is 15.5 Å². The van der Waals surface area contributed by atoms with Gasteiger partial charge in [-0.15, -0.1) is 0 Å². The van der Waals surface area contributed by atoms with Gasteiger partial charge in [-0.3, -0.25) is 5.10 Å². The Morgan fingerprint density at radius 1 is 1.44 bits per heavy atom. The molecule has 1 unspecified atom stereocenters. The monoisotopic (exact) mass is 247 g/mol. The van der Waals surface area contributed by atoms with Crippen molar-refractivity contribution in [2.24, 2.45) is 5.92 Å². The number of nitrogens with zero attached hydrogens (tertiary/aromatic N) is 1. The molecule has 0 aliphatic heterocycles. The first-order valence-electron chi connectivity index (χ1n) is 6.35. The van der Waals surface area contributed by atoms with Crippen LogP contribution in [0.15, 0.2) is 24.4 Å². The summed E-state index contributed by atoms with van der Waals surface area (Å²) in [6.45, 7) is 7.22. The van der Waals surface area contributed by atoms with Crippen LogP contribution in [0.3, 0.4) is 0 Å².